The summed E-state index contributed by atoms with van der Waals surface area (Å²) in [5, 5.41) is 0.729. The molecule has 0 bridgehead atoms. The van der Waals surface area contributed by atoms with Crippen molar-refractivity contribution in [3.8, 4) is 0 Å². The highest BCUT2D eigenvalue weighted by atomic mass is 35.5. The third-order valence-corrected chi connectivity index (χ3v) is 5.29. The smallest absolute Gasteiger partial charge is 0.187 e. The lowest BCUT2D eigenvalue weighted by molar-refractivity contribution is 0.102. The molecule has 0 spiro atoms. The fraction of sp³-hybridized carbons (Fsp3) is 0.0714. The van der Waals surface area contributed by atoms with Gasteiger partial charge in [-0.1, -0.05) is 34.8 Å². The van der Waals surface area contributed by atoms with E-state index in [1.165, 1.54) is 42.5 Å². The first-order valence-corrected chi connectivity index (χ1v) is 8.55. The monoisotopic (exact) mass is 362 g/mol. The minimum absolute atomic E-state index is 0.0308. The van der Waals surface area contributed by atoms with Crippen molar-refractivity contribution < 1.29 is 13.2 Å². The second kappa shape index (κ2) is 6.36. The van der Waals surface area contributed by atoms with Gasteiger partial charge in [-0.05, 0) is 42.5 Å². The molecule has 21 heavy (non-hydrogen) atoms. The van der Waals surface area contributed by atoms with Gasteiger partial charge in [0.2, 0.25) is 0 Å². The SMILES string of the molecule is O=C(CS(=O)(=O)c1cc(Cl)ccc1Cl)c1ccc(Cl)cc1. The molecular formula is C14H9Cl3O3S. The van der Waals surface area contributed by atoms with Crippen LogP contribution in [0, 0.1) is 0 Å². The van der Waals surface area contributed by atoms with Gasteiger partial charge < -0.3 is 0 Å². The molecule has 7 heteroatoms. The first-order valence-electron chi connectivity index (χ1n) is 5.76. The van der Waals surface area contributed by atoms with Crippen LogP contribution in [-0.4, -0.2) is 20.0 Å². The van der Waals surface area contributed by atoms with E-state index in [0.717, 1.165) is 0 Å². The Morgan fingerprint density at radius 2 is 1.48 bits per heavy atom. The van der Waals surface area contributed by atoms with Gasteiger partial charge in [0.25, 0.3) is 0 Å². The molecule has 0 aliphatic heterocycles. The molecule has 0 saturated carbocycles. The normalized spacial score (nSPS) is 11.4. The molecule has 0 aromatic heterocycles. The van der Waals surface area contributed by atoms with Crippen LogP contribution in [0.2, 0.25) is 15.1 Å². The molecule has 2 rings (SSSR count). The molecular weight excluding hydrogens is 355 g/mol. The Bertz CT molecular complexity index is 784. The fourth-order valence-corrected chi connectivity index (χ4v) is 3.86. The van der Waals surface area contributed by atoms with Gasteiger partial charge in [0.05, 0.1) is 9.92 Å². The van der Waals surface area contributed by atoms with Gasteiger partial charge in [-0.15, -0.1) is 0 Å². The largest absolute Gasteiger partial charge is 0.293 e. The quantitative estimate of drug-likeness (QED) is 0.761. The lowest BCUT2D eigenvalue weighted by Crippen LogP contribution is -2.16. The molecule has 0 unspecified atom stereocenters. The van der Waals surface area contributed by atoms with Gasteiger partial charge in [-0.25, -0.2) is 8.42 Å². The Hall–Kier alpha value is -1.07. The molecule has 0 aliphatic carbocycles. The van der Waals surface area contributed by atoms with Crippen LogP contribution in [-0.2, 0) is 9.84 Å². The first kappa shape index (κ1) is 16.3. The fourth-order valence-electron chi connectivity index (χ4n) is 1.68. The summed E-state index contributed by atoms with van der Waals surface area (Å²) in [7, 11) is -3.87. The molecule has 0 radical (unpaired) electrons. The number of rotatable bonds is 4. The van der Waals surface area contributed by atoms with Gasteiger partial charge in [0.1, 0.15) is 5.75 Å². The number of benzene rings is 2. The third-order valence-electron chi connectivity index (χ3n) is 2.72. The molecule has 0 saturated heterocycles. The van der Waals surface area contributed by atoms with Gasteiger partial charge in [-0.3, -0.25) is 4.79 Å². The van der Waals surface area contributed by atoms with Crippen LogP contribution in [0.15, 0.2) is 47.4 Å². The van der Waals surface area contributed by atoms with Crippen LogP contribution in [0.4, 0.5) is 0 Å². The number of ketones is 1. The van der Waals surface area contributed by atoms with E-state index in [-0.39, 0.29) is 20.5 Å². The van der Waals surface area contributed by atoms with Crippen molar-refractivity contribution in [2.45, 2.75) is 4.90 Å². The number of hydrogen-bond donors (Lipinski definition) is 0. The summed E-state index contributed by atoms with van der Waals surface area (Å²) in [6, 6.07) is 10.1. The van der Waals surface area contributed by atoms with Gasteiger partial charge in [-0.2, -0.15) is 0 Å². The zero-order chi connectivity index (χ0) is 15.6. The molecule has 0 amide bonds. The Balaban J connectivity index is 2.31. The summed E-state index contributed by atoms with van der Waals surface area (Å²) < 4.78 is 24.5. The summed E-state index contributed by atoms with van der Waals surface area (Å²) in [4.78, 5) is 11.9. The maximum absolute atomic E-state index is 12.3. The van der Waals surface area contributed by atoms with E-state index >= 15 is 0 Å². The van der Waals surface area contributed by atoms with E-state index in [0.29, 0.717) is 5.02 Å². The number of carbonyl (C=O) groups is 1. The zero-order valence-electron chi connectivity index (χ0n) is 10.5. The summed E-state index contributed by atoms with van der Waals surface area (Å²) in [5.41, 5.74) is 0.265. The second-order valence-corrected chi connectivity index (χ2v) is 7.50. The van der Waals surface area contributed by atoms with Crippen molar-refractivity contribution in [3.05, 3.63) is 63.1 Å². The minimum atomic E-state index is -3.87. The highest BCUT2D eigenvalue weighted by Gasteiger charge is 2.23. The average Bonchev–Trinajstić information content (AvgIpc) is 2.41. The Labute approximate surface area is 137 Å². The van der Waals surface area contributed by atoms with E-state index < -0.39 is 21.4 Å². The van der Waals surface area contributed by atoms with Crippen LogP contribution in [0.25, 0.3) is 0 Å². The highest BCUT2D eigenvalue weighted by molar-refractivity contribution is 7.92. The Kier molecular flexibility index (Phi) is 4.94. The lowest BCUT2D eigenvalue weighted by atomic mass is 10.1. The highest BCUT2D eigenvalue weighted by Crippen LogP contribution is 2.26. The molecule has 3 nitrogen and oxygen atoms in total. The van der Waals surface area contributed by atoms with Crippen LogP contribution in [0.5, 0.6) is 0 Å². The van der Waals surface area contributed by atoms with Crippen molar-refractivity contribution in [1.82, 2.24) is 0 Å². The van der Waals surface area contributed by atoms with Crippen molar-refractivity contribution in [2.24, 2.45) is 0 Å². The average molecular weight is 364 g/mol. The summed E-state index contributed by atoms with van der Waals surface area (Å²) >= 11 is 17.4. The summed E-state index contributed by atoms with van der Waals surface area (Å²) in [5.74, 6) is -1.22. The van der Waals surface area contributed by atoms with Crippen LogP contribution >= 0.6 is 34.8 Å². The minimum Gasteiger partial charge on any atom is -0.293 e. The molecule has 0 N–H and O–H groups in total. The maximum atomic E-state index is 12.3. The third kappa shape index (κ3) is 3.98. The van der Waals surface area contributed by atoms with Crippen molar-refractivity contribution in [3.63, 3.8) is 0 Å². The van der Waals surface area contributed by atoms with Crippen LogP contribution in [0.1, 0.15) is 10.4 Å². The number of hydrogen-bond acceptors (Lipinski definition) is 3. The van der Waals surface area contributed by atoms with E-state index in [4.69, 9.17) is 34.8 Å². The topological polar surface area (TPSA) is 51.2 Å². The standard InChI is InChI=1S/C14H9Cl3O3S/c15-10-3-1-9(2-4-10)13(18)8-21(19,20)14-7-11(16)5-6-12(14)17/h1-7H,8H2. The molecule has 0 atom stereocenters. The molecule has 0 fully saturated rings. The summed E-state index contributed by atoms with van der Waals surface area (Å²) in [6.07, 6.45) is 0. The van der Waals surface area contributed by atoms with E-state index in [2.05, 4.69) is 0 Å². The maximum Gasteiger partial charge on any atom is 0.187 e. The van der Waals surface area contributed by atoms with Gasteiger partial charge in [0.15, 0.2) is 15.6 Å². The molecule has 2 aromatic rings. The Morgan fingerprint density at radius 1 is 0.905 bits per heavy atom. The summed E-state index contributed by atoms with van der Waals surface area (Å²) in [6.45, 7) is 0. The first-order chi connectivity index (χ1) is 9.79. The van der Waals surface area contributed by atoms with Crippen molar-refractivity contribution >= 4 is 50.4 Å². The molecule has 0 heterocycles. The number of sulfone groups is 1. The van der Waals surface area contributed by atoms with Crippen molar-refractivity contribution in [2.75, 3.05) is 5.75 Å². The molecule has 0 aliphatic rings. The number of halogens is 3. The lowest BCUT2D eigenvalue weighted by Gasteiger charge is -2.07. The van der Waals surface area contributed by atoms with Crippen molar-refractivity contribution in [1.29, 1.82) is 0 Å². The number of carbonyl (C=O) groups excluding carboxylic acids is 1. The van der Waals surface area contributed by atoms with Crippen LogP contribution < -0.4 is 0 Å². The van der Waals surface area contributed by atoms with E-state index in [9.17, 15) is 13.2 Å². The predicted molar refractivity (Wildman–Crippen MR) is 84.3 cm³/mol. The zero-order valence-corrected chi connectivity index (χ0v) is 13.6. The van der Waals surface area contributed by atoms with Crippen LogP contribution in [0.3, 0.4) is 0 Å². The molecule has 110 valence electrons. The van der Waals surface area contributed by atoms with E-state index in [1.807, 2.05) is 0 Å². The second-order valence-electron chi connectivity index (χ2n) is 4.26. The molecule has 2 aromatic carbocycles. The predicted octanol–water partition coefficient (Wildman–Crippen LogP) is 4.30. The van der Waals surface area contributed by atoms with E-state index in [1.54, 1.807) is 0 Å². The Morgan fingerprint density at radius 3 is 2.10 bits per heavy atom. The van der Waals surface area contributed by atoms with Gasteiger partial charge in [0, 0.05) is 15.6 Å². The van der Waals surface area contributed by atoms with Gasteiger partial charge >= 0.3 is 0 Å². The number of Topliss-reactive ketones (excluding diaryl/α,β-unsaturated/α-hetero) is 1.